The molecule has 0 bridgehead atoms. The standard InChI is InChI=1S/C13H18F2N2O/c14-9-5-10(15)13(16)11(6-9)17-7-8-3-1-2-4-12(8)18/h5-6,8,12,17-18H,1-4,7,16H2. The lowest BCUT2D eigenvalue weighted by atomic mass is 9.86. The number of aliphatic hydroxyl groups excluding tert-OH is 1. The highest BCUT2D eigenvalue weighted by atomic mass is 19.1. The highest BCUT2D eigenvalue weighted by Crippen LogP contribution is 2.27. The first kappa shape index (κ1) is 13.1. The van der Waals surface area contributed by atoms with Crippen molar-refractivity contribution in [2.45, 2.75) is 31.8 Å². The highest BCUT2D eigenvalue weighted by molar-refractivity contribution is 5.66. The molecule has 1 saturated carbocycles. The molecule has 0 saturated heterocycles. The number of rotatable bonds is 3. The van der Waals surface area contributed by atoms with Crippen molar-refractivity contribution in [1.82, 2.24) is 0 Å². The molecule has 18 heavy (non-hydrogen) atoms. The van der Waals surface area contributed by atoms with Crippen LogP contribution in [0.15, 0.2) is 12.1 Å². The maximum absolute atomic E-state index is 13.2. The molecule has 5 heteroatoms. The third-order valence-electron chi connectivity index (χ3n) is 3.52. The van der Waals surface area contributed by atoms with Gasteiger partial charge in [-0.05, 0) is 18.9 Å². The number of nitrogens with one attached hydrogen (secondary N) is 1. The van der Waals surface area contributed by atoms with Gasteiger partial charge in [-0.2, -0.15) is 0 Å². The molecule has 2 rings (SSSR count). The van der Waals surface area contributed by atoms with Crippen LogP contribution >= 0.6 is 0 Å². The summed E-state index contributed by atoms with van der Waals surface area (Å²) in [6.07, 6.45) is 3.49. The largest absolute Gasteiger partial charge is 0.395 e. The van der Waals surface area contributed by atoms with E-state index in [1.54, 1.807) is 0 Å². The van der Waals surface area contributed by atoms with Crippen molar-refractivity contribution < 1.29 is 13.9 Å². The van der Waals surface area contributed by atoms with Crippen LogP contribution in [0.1, 0.15) is 25.7 Å². The Labute approximate surface area is 105 Å². The van der Waals surface area contributed by atoms with Gasteiger partial charge in [0.15, 0.2) is 5.82 Å². The van der Waals surface area contributed by atoms with Crippen molar-refractivity contribution in [2.24, 2.45) is 5.92 Å². The SMILES string of the molecule is Nc1c(F)cc(F)cc1NCC1CCCCC1O. The maximum atomic E-state index is 13.2. The van der Waals surface area contributed by atoms with Crippen LogP contribution in [0, 0.1) is 17.6 Å². The van der Waals surface area contributed by atoms with E-state index in [1.807, 2.05) is 0 Å². The first-order valence-electron chi connectivity index (χ1n) is 6.24. The molecular weight excluding hydrogens is 238 g/mol. The van der Waals surface area contributed by atoms with Crippen molar-refractivity contribution in [3.05, 3.63) is 23.8 Å². The molecular formula is C13H18F2N2O. The van der Waals surface area contributed by atoms with E-state index in [2.05, 4.69) is 5.32 Å². The minimum absolute atomic E-state index is 0.0818. The van der Waals surface area contributed by atoms with E-state index >= 15 is 0 Å². The number of nitrogen functional groups attached to an aromatic ring is 1. The Morgan fingerprint density at radius 1 is 1.28 bits per heavy atom. The Balaban J connectivity index is 2.01. The van der Waals surface area contributed by atoms with Crippen molar-refractivity contribution in [3.8, 4) is 0 Å². The van der Waals surface area contributed by atoms with Crippen LogP contribution in [0.5, 0.6) is 0 Å². The number of halogens is 2. The molecule has 0 amide bonds. The van der Waals surface area contributed by atoms with Gasteiger partial charge in [0, 0.05) is 18.5 Å². The summed E-state index contributed by atoms with van der Waals surface area (Å²) in [4.78, 5) is 0. The summed E-state index contributed by atoms with van der Waals surface area (Å²) in [5.41, 5.74) is 5.71. The molecule has 0 spiro atoms. The Morgan fingerprint density at radius 3 is 2.72 bits per heavy atom. The summed E-state index contributed by atoms with van der Waals surface area (Å²) in [5, 5.41) is 12.7. The highest BCUT2D eigenvalue weighted by Gasteiger charge is 2.23. The predicted molar refractivity (Wildman–Crippen MR) is 67.2 cm³/mol. The van der Waals surface area contributed by atoms with Crippen LogP contribution in [0.4, 0.5) is 20.2 Å². The lowest BCUT2D eigenvalue weighted by Crippen LogP contribution is -2.30. The van der Waals surface area contributed by atoms with Gasteiger partial charge in [0.1, 0.15) is 5.82 Å². The second-order valence-corrected chi connectivity index (χ2v) is 4.84. The molecule has 0 aromatic heterocycles. The summed E-state index contributed by atoms with van der Waals surface area (Å²) in [5.74, 6) is -1.31. The maximum Gasteiger partial charge on any atom is 0.151 e. The van der Waals surface area contributed by atoms with E-state index in [4.69, 9.17) is 5.73 Å². The van der Waals surface area contributed by atoms with Crippen molar-refractivity contribution in [1.29, 1.82) is 0 Å². The number of hydrogen-bond acceptors (Lipinski definition) is 3. The first-order chi connectivity index (χ1) is 8.58. The van der Waals surface area contributed by atoms with Crippen LogP contribution in [-0.4, -0.2) is 17.8 Å². The van der Waals surface area contributed by atoms with Gasteiger partial charge in [0.05, 0.1) is 17.5 Å². The van der Waals surface area contributed by atoms with Crippen molar-refractivity contribution in [3.63, 3.8) is 0 Å². The molecule has 100 valence electrons. The third kappa shape index (κ3) is 2.90. The van der Waals surface area contributed by atoms with E-state index in [9.17, 15) is 13.9 Å². The lowest BCUT2D eigenvalue weighted by Gasteiger charge is -2.28. The van der Waals surface area contributed by atoms with E-state index in [-0.39, 0.29) is 23.4 Å². The van der Waals surface area contributed by atoms with Gasteiger partial charge in [-0.25, -0.2) is 8.78 Å². The van der Waals surface area contributed by atoms with Gasteiger partial charge in [-0.15, -0.1) is 0 Å². The molecule has 1 aliphatic carbocycles. The van der Waals surface area contributed by atoms with Crippen LogP contribution in [-0.2, 0) is 0 Å². The minimum atomic E-state index is -0.762. The van der Waals surface area contributed by atoms with Gasteiger partial charge >= 0.3 is 0 Å². The van der Waals surface area contributed by atoms with Crippen molar-refractivity contribution >= 4 is 11.4 Å². The van der Waals surface area contributed by atoms with E-state index in [1.165, 1.54) is 6.07 Å². The van der Waals surface area contributed by atoms with Gasteiger partial charge in [-0.1, -0.05) is 12.8 Å². The fourth-order valence-corrected chi connectivity index (χ4v) is 2.40. The minimum Gasteiger partial charge on any atom is -0.395 e. The normalized spacial score (nSPS) is 23.9. The molecule has 2 atom stereocenters. The molecule has 1 fully saturated rings. The van der Waals surface area contributed by atoms with Crippen molar-refractivity contribution in [2.75, 3.05) is 17.6 Å². The van der Waals surface area contributed by atoms with Crippen LogP contribution in [0.25, 0.3) is 0 Å². The Kier molecular flexibility index (Phi) is 4.01. The third-order valence-corrected chi connectivity index (χ3v) is 3.52. The molecule has 3 nitrogen and oxygen atoms in total. The zero-order valence-corrected chi connectivity index (χ0v) is 10.1. The van der Waals surface area contributed by atoms with Crippen LogP contribution in [0.2, 0.25) is 0 Å². The Bertz CT molecular complexity index is 426. The molecule has 4 N–H and O–H groups in total. The predicted octanol–water partition coefficient (Wildman–Crippen LogP) is 2.51. The topological polar surface area (TPSA) is 58.3 Å². The first-order valence-corrected chi connectivity index (χ1v) is 6.24. The summed E-state index contributed by atoms with van der Waals surface area (Å²) in [7, 11) is 0. The Morgan fingerprint density at radius 2 is 2.00 bits per heavy atom. The number of anilines is 2. The zero-order chi connectivity index (χ0) is 13.1. The van der Waals surface area contributed by atoms with Gasteiger partial charge in [0.2, 0.25) is 0 Å². The molecule has 2 unspecified atom stereocenters. The molecule has 0 aliphatic heterocycles. The summed E-state index contributed by atoms with van der Waals surface area (Å²) >= 11 is 0. The van der Waals surface area contributed by atoms with Gasteiger partial charge in [-0.3, -0.25) is 0 Å². The fourth-order valence-electron chi connectivity index (χ4n) is 2.40. The second kappa shape index (κ2) is 5.52. The van der Waals surface area contributed by atoms with E-state index in [0.29, 0.717) is 6.54 Å². The number of aliphatic hydroxyl groups is 1. The van der Waals surface area contributed by atoms with E-state index < -0.39 is 11.6 Å². The van der Waals surface area contributed by atoms with Crippen LogP contribution < -0.4 is 11.1 Å². The zero-order valence-electron chi connectivity index (χ0n) is 10.1. The average Bonchev–Trinajstić information content (AvgIpc) is 2.33. The molecule has 0 heterocycles. The molecule has 1 aromatic carbocycles. The van der Waals surface area contributed by atoms with E-state index in [0.717, 1.165) is 31.7 Å². The monoisotopic (exact) mass is 256 g/mol. The number of hydrogen-bond donors (Lipinski definition) is 3. The number of benzene rings is 1. The summed E-state index contributed by atoms with van der Waals surface area (Å²) < 4.78 is 26.3. The summed E-state index contributed by atoms with van der Waals surface area (Å²) in [6, 6.07) is 1.93. The van der Waals surface area contributed by atoms with Gasteiger partial charge < -0.3 is 16.2 Å². The molecule has 1 aromatic rings. The van der Waals surface area contributed by atoms with Crippen LogP contribution in [0.3, 0.4) is 0 Å². The fraction of sp³-hybridized carbons (Fsp3) is 0.538. The lowest BCUT2D eigenvalue weighted by molar-refractivity contribution is 0.0763. The summed E-state index contributed by atoms with van der Waals surface area (Å²) in [6.45, 7) is 0.480. The smallest absolute Gasteiger partial charge is 0.151 e. The Hall–Kier alpha value is -1.36. The quantitative estimate of drug-likeness (QED) is 0.728. The average molecular weight is 256 g/mol. The molecule has 1 aliphatic rings. The number of nitrogens with two attached hydrogens (primary N) is 1. The molecule has 0 radical (unpaired) electrons. The second-order valence-electron chi connectivity index (χ2n) is 4.84. The van der Waals surface area contributed by atoms with Gasteiger partial charge in [0.25, 0.3) is 0 Å².